The van der Waals surface area contributed by atoms with E-state index in [2.05, 4.69) is 10.5 Å². The number of carbonyl (C=O) groups excluding carboxylic acids is 1. The van der Waals surface area contributed by atoms with Crippen molar-refractivity contribution < 1.29 is 9.53 Å². The minimum absolute atomic E-state index is 0.255. The standard InChI is InChI=1S/C22H20N2O2/c1-17(19-10-6-3-7-11-19)23-24-22(25)20-12-14-21(15-13-20)26-16-18-8-4-2-5-9-18/h2-15H,16H2,1H3,(H,24,25)/b23-17+. The first-order valence-electron chi connectivity index (χ1n) is 8.39. The quantitative estimate of drug-likeness (QED) is 0.531. The molecule has 0 aliphatic rings. The average molecular weight is 344 g/mol. The third-order valence-electron chi connectivity index (χ3n) is 3.88. The lowest BCUT2D eigenvalue weighted by Gasteiger charge is -2.07. The summed E-state index contributed by atoms with van der Waals surface area (Å²) in [7, 11) is 0. The lowest BCUT2D eigenvalue weighted by molar-refractivity contribution is 0.0955. The molecule has 3 rings (SSSR count). The second kappa shape index (κ2) is 8.62. The van der Waals surface area contributed by atoms with Gasteiger partial charge in [0, 0.05) is 5.56 Å². The number of amides is 1. The minimum Gasteiger partial charge on any atom is -0.489 e. The number of rotatable bonds is 6. The molecule has 0 aromatic heterocycles. The van der Waals surface area contributed by atoms with Gasteiger partial charge >= 0.3 is 0 Å². The highest BCUT2D eigenvalue weighted by molar-refractivity contribution is 6.00. The Bertz CT molecular complexity index is 873. The molecule has 0 radical (unpaired) electrons. The second-order valence-corrected chi connectivity index (χ2v) is 5.80. The van der Waals surface area contributed by atoms with E-state index in [4.69, 9.17) is 4.74 Å². The summed E-state index contributed by atoms with van der Waals surface area (Å²) in [6.45, 7) is 2.35. The molecular formula is C22H20N2O2. The van der Waals surface area contributed by atoms with Crippen LogP contribution in [0.5, 0.6) is 5.75 Å². The van der Waals surface area contributed by atoms with Gasteiger partial charge in [-0.1, -0.05) is 60.7 Å². The number of nitrogens with zero attached hydrogens (tertiary/aromatic N) is 1. The third-order valence-corrected chi connectivity index (χ3v) is 3.88. The lowest BCUT2D eigenvalue weighted by Crippen LogP contribution is -2.19. The molecule has 0 saturated carbocycles. The molecule has 4 heteroatoms. The van der Waals surface area contributed by atoms with Gasteiger partial charge in [-0.2, -0.15) is 5.10 Å². The van der Waals surface area contributed by atoms with Crippen LogP contribution in [0.4, 0.5) is 0 Å². The number of hydrogen-bond acceptors (Lipinski definition) is 3. The summed E-state index contributed by atoms with van der Waals surface area (Å²) in [5, 5.41) is 4.15. The molecule has 0 unspecified atom stereocenters. The molecule has 26 heavy (non-hydrogen) atoms. The lowest BCUT2D eigenvalue weighted by atomic mass is 10.1. The van der Waals surface area contributed by atoms with Gasteiger partial charge in [0.15, 0.2) is 0 Å². The smallest absolute Gasteiger partial charge is 0.271 e. The fourth-order valence-corrected chi connectivity index (χ4v) is 2.39. The van der Waals surface area contributed by atoms with E-state index in [9.17, 15) is 4.79 Å². The number of benzene rings is 3. The first-order valence-corrected chi connectivity index (χ1v) is 8.39. The van der Waals surface area contributed by atoms with Gasteiger partial charge in [0.05, 0.1) is 5.71 Å². The number of hydrogen-bond donors (Lipinski definition) is 1. The first kappa shape index (κ1) is 17.4. The van der Waals surface area contributed by atoms with Crippen LogP contribution in [0.15, 0.2) is 90.0 Å². The minimum atomic E-state index is -0.255. The zero-order valence-corrected chi connectivity index (χ0v) is 14.6. The topological polar surface area (TPSA) is 50.7 Å². The molecule has 3 aromatic carbocycles. The Kier molecular flexibility index (Phi) is 5.78. The molecule has 1 N–H and O–H groups in total. The van der Waals surface area contributed by atoms with Gasteiger partial charge in [-0.05, 0) is 42.3 Å². The van der Waals surface area contributed by atoms with Crippen LogP contribution in [0.2, 0.25) is 0 Å². The molecule has 0 spiro atoms. The molecule has 130 valence electrons. The molecule has 0 saturated heterocycles. The zero-order chi connectivity index (χ0) is 18.2. The monoisotopic (exact) mass is 344 g/mol. The molecule has 0 heterocycles. The van der Waals surface area contributed by atoms with E-state index in [-0.39, 0.29) is 5.91 Å². The average Bonchev–Trinajstić information content (AvgIpc) is 2.72. The Labute approximate surface area is 153 Å². The summed E-state index contributed by atoms with van der Waals surface area (Å²) >= 11 is 0. The number of carbonyl (C=O) groups is 1. The Morgan fingerprint density at radius 2 is 1.46 bits per heavy atom. The van der Waals surface area contributed by atoms with Crippen LogP contribution in [0.1, 0.15) is 28.4 Å². The molecule has 0 fully saturated rings. The highest BCUT2D eigenvalue weighted by Crippen LogP contribution is 2.14. The maximum Gasteiger partial charge on any atom is 0.271 e. The maximum absolute atomic E-state index is 12.2. The van der Waals surface area contributed by atoms with E-state index < -0.39 is 0 Å². The molecule has 1 amide bonds. The van der Waals surface area contributed by atoms with Crippen LogP contribution in [0, 0.1) is 0 Å². The van der Waals surface area contributed by atoms with Crippen molar-refractivity contribution in [3.05, 3.63) is 102 Å². The highest BCUT2D eigenvalue weighted by Gasteiger charge is 2.05. The summed E-state index contributed by atoms with van der Waals surface area (Å²) in [5.74, 6) is 0.462. The Hall–Kier alpha value is -3.40. The van der Waals surface area contributed by atoms with Crippen molar-refractivity contribution in [3.63, 3.8) is 0 Å². The Balaban J connectivity index is 1.57. The Morgan fingerprint density at radius 1 is 0.846 bits per heavy atom. The molecule has 0 aliphatic carbocycles. The number of hydrazone groups is 1. The van der Waals surface area contributed by atoms with Gasteiger partial charge in [0.25, 0.3) is 5.91 Å². The molecule has 0 bridgehead atoms. The predicted octanol–water partition coefficient (Wildman–Crippen LogP) is 4.42. The van der Waals surface area contributed by atoms with E-state index in [1.54, 1.807) is 24.3 Å². The van der Waals surface area contributed by atoms with E-state index >= 15 is 0 Å². The van der Waals surface area contributed by atoms with Crippen molar-refractivity contribution in [2.24, 2.45) is 5.10 Å². The van der Waals surface area contributed by atoms with Gasteiger partial charge in [0.2, 0.25) is 0 Å². The van der Waals surface area contributed by atoms with Crippen molar-refractivity contribution >= 4 is 11.6 Å². The summed E-state index contributed by atoms with van der Waals surface area (Å²) in [6.07, 6.45) is 0. The SMILES string of the molecule is C/C(=N\NC(=O)c1ccc(OCc2ccccc2)cc1)c1ccccc1. The summed E-state index contributed by atoms with van der Waals surface area (Å²) < 4.78 is 5.72. The zero-order valence-electron chi connectivity index (χ0n) is 14.6. The predicted molar refractivity (Wildman–Crippen MR) is 103 cm³/mol. The van der Waals surface area contributed by atoms with Crippen LogP contribution in [0.25, 0.3) is 0 Å². The third kappa shape index (κ3) is 4.80. The molecule has 0 aliphatic heterocycles. The van der Waals surface area contributed by atoms with Crippen molar-refractivity contribution in [1.82, 2.24) is 5.43 Å². The number of ether oxygens (including phenoxy) is 1. The summed E-state index contributed by atoms with van der Waals surface area (Å²) in [6, 6.07) is 26.7. The van der Waals surface area contributed by atoms with Crippen LogP contribution in [-0.4, -0.2) is 11.6 Å². The van der Waals surface area contributed by atoms with Crippen LogP contribution in [0.3, 0.4) is 0 Å². The van der Waals surface area contributed by atoms with Gasteiger partial charge in [-0.3, -0.25) is 4.79 Å². The fourth-order valence-electron chi connectivity index (χ4n) is 2.39. The first-order chi connectivity index (χ1) is 12.7. The maximum atomic E-state index is 12.2. The van der Waals surface area contributed by atoms with E-state index in [1.807, 2.05) is 67.6 Å². The molecule has 0 atom stereocenters. The normalized spacial score (nSPS) is 11.0. The second-order valence-electron chi connectivity index (χ2n) is 5.80. The van der Waals surface area contributed by atoms with E-state index in [1.165, 1.54) is 0 Å². The van der Waals surface area contributed by atoms with Crippen LogP contribution >= 0.6 is 0 Å². The molecular weight excluding hydrogens is 324 g/mol. The molecule has 3 aromatic rings. The van der Waals surface area contributed by atoms with Crippen molar-refractivity contribution in [2.75, 3.05) is 0 Å². The largest absolute Gasteiger partial charge is 0.489 e. The van der Waals surface area contributed by atoms with Crippen LogP contribution < -0.4 is 10.2 Å². The fraction of sp³-hybridized carbons (Fsp3) is 0.0909. The van der Waals surface area contributed by atoms with Gasteiger partial charge in [0.1, 0.15) is 12.4 Å². The van der Waals surface area contributed by atoms with Crippen LogP contribution in [-0.2, 0) is 6.61 Å². The summed E-state index contributed by atoms with van der Waals surface area (Å²) in [4.78, 5) is 12.2. The Morgan fingerprint density at radius 3 is 2.12 bits per heavy atom. The van der Waals surface area contributed by atoms with Crippen molar-refractivity contribution in [3.8, 4) is 5.75 Å². The van der Waals surface area contributed by atoms with E-state index in [0.29, 0.717) is 12.2 Å². The van der Waals surface area contributed by atoms with E-state index in [0.717, 1.165) is 22.6 Å². The van der Waals surface area contributed by atoms with Crippen molar-refractivity contribution in [1.29, 1.82) is 0 Å². The summed E-state index contributed by atoms with van der Waals surface area (Å²) in [5.41, 5.74) is 5.93. The number of nitrogens with one attached hydrogen (secondary N) is 1. The van der Waals surface area contributed by atoms with Gasteiger partial charge in [-0.15, -0.1) is 0 Å². The highest BCUT2D eigenvalue weighted by atomic mass is 16.5. The molecule has 4 nitrogen and oxygen atoms in total. The van der Waals surface area contributed by atoms with Gasteiger partial charge < -0.3 is 4.74 Å². The van der Waals surface area contributed by atoms with Gasteiger partial charge in [-0.25, -0.2) is 5.43 Å². The van der Waals surface area contributed by atoms with Crippen molar-refractivity contribution in [2.45, 2.75) is 13.5 Å².